The molecule has 3 aromatic heterocycles. The van der Waals surface area contributed by atoms with Crippen LogP contribution in [0.2, 0.25) is 0 Å². The van der Waals surface area contributed by atoms with E-state index < -0.39 is 5.91 Å². The van der Waals surface area contributed by atoms with Crippen molar-refractivity contribution in [2.24, 2.45) is 7.05 Å². The van der Waals surface area contributed by atoms with Crippen LogP contribution in [0.3, 0.4) is 0 Å². The van der Waals surface area contributed by atoms with Gasteiger partial charge in [0.1, 0.15) is 29.3 Å². The Bertz CT molecular complexity index is 1220. The van der Waals surface area contributed by atoms with Crippen LogP contribution in [0.1, 0.15) is 21.8 Å². The Morgan fingerprint density at radius 1 is 1.26 bits per heavy atom. The lowest BCUT2D eigenvalue weighted by Gasteiger charge is -2.07. The van der Waals surface area contributed by atoms with Crippen molar-refractivity contribution in [3.8, 4) is 11.4 Å². The largest absolute Gasteiger partial charge is 0.440 e. The van der Waals surface area contributed by atoms with Gasteiger partial charge in [0.2, 0.25) is 5.95 Å². The molecule has 0 aliphatic rings. The van der Waals surface area contributed by atoms with Gasteiger partial charge < -0.3 is 15.1 Å². The molecule has 0 unspecified atom stereocenters. The number of rotatable bonds is 7. The van der Waals surface area contributed by atoms with Gasteiger partial charge in [0.25, 0.3) is 5.89 Å². The van der Waals surface area contributed by atoms with E-state index in [0.717, 1.165) is 16.9 Å². The van der Waals surface area contributed by atoms with Gasteiger partial charge in [-0.2, -0.15) is 5.10 Å². The van der Waals surface area contributed by atoms with Crippen LogP contribution in [0.5, 0.6) is 0 Å². The summed E-state index contributed by atoms with van der Waals surface area (Å²) >= 11 is 0. The van der Waals surface area contributed by atoms with Crippen molar-refractivity contribution in [3.63, 3.8) is 0 Å². The maximum absolute atomic E-state index is 13.2. The van der Waals surface area contributed by atoms with Crippen LogP contribution in [0.15, 0.2) is 53.4 Å². The van der Waals surface area contributed by atoms with E-state index in [1.165, 1.54) is 18.4 Å². The zero-order valence-corrected chi connectivity index (χ0v) is 17.0. The van der Waals surface area contributed by atoms with E-state index in [0.29, 0.717) is 30.3 Å². The lowest BCUT2D eigenvalue weighted by molar-refractivity contribution is 0.0919. The van der Waals surface area contributed by atoms with Gasteiger partial charge in [-0.15, -0.1) is 0 Å². The maximum atomic E-state index is 13.2. The van der Waals surface area contributed by atoms with Crippen molar-refractivity contribution in [2.45, 2.75) is 13.3 Å². The minimum atomic E-state index is -0.456. The summed E-state index contributed by atoms with van der Waals surface area (Å²) in [4.78, 5) is 25.4. The molecular formula is C21H20FN7O2. The predicted molar refractivity (Wildman–Crippen MR) is 111 cm³/mol. The Morgan fingerprint density at radius 3 is 2.90 bits per heavy atom. The van der Waals surface area contributed by atoms with Crippen LogP contribution in [0.4, 0.5) is 16.2 Å². The number of carbonyl (C=O) groups is 1. The van der Waals surface area contributed by atoms with Crippen molar-refractivity contribution in [1.29, 1.82) is 0 Å². The first-order valence-corrected chi connectivity index (χ1v) is 9.57. The zero-order valence-electron chi connectivity index (χ0n) is 17.0. The molecular weight excluding hydrogens is 401 g/mol. The Morgan fingerprint density at radius 2 is 2.13 bits per heavy atom. The molecule has 1 amide bonds. The Labute approximate surface area is 177 Å². The molecule has 158 valence electrons. The fraction of sp³-hybridized carbons (Fsp3) is 0.190. The van der Waals surface area contributed by atoms with Gasteiger partial charge in [-0.05, 0) is 36.6 Å². The van der Waals surface area contributed by atoms with Crippen molar-refractivity contribution >= 4 is 17.7 Å². The number of amides is 1. The molecule has 2 N–H and O–H groups in total. The highest BCUT2D eigenvalue weighted by Crippen LogP contribution is 2.22. The summed E-state index contributed by atoms with van der Waals surface area (Å²) < 4.78 is 20.2. The van der Waals surface area contributed by atoms with Crippen molar-refractivity contribution < 1.29 is 13.6 Å². The average Bonchev–Trinajstić information content (AvgIpc) is 3.39. The molecule has 4 rings (SSSR count). The molecule has 1 aromatic carbocycles. The predicted octanol–water partition coefficient (Wildman–Crippen LogP) is 3.03. The first kappa shape index (κ1) is 20.2. The molecule has 0 saturated carbocycles. The van der Waals surface area contributed by atoms with Crippen molar-refractivity contribution in [1.82, 2.24) is 30.0 Å². The minimum absolute atomic E-state index is 0.0756. The van der Waals surface area contributed by atoms with Gasteiger partial charge in [0.05, 0.1) is 6.20 Å². The SMILES string of the molecule is Cc1cnc(Nc2ccnn2C)nc1-c1coc(C(=O)NCCc2cccc(F)c2)n1. The molecule has 0 fully saturated rings. The van der Waals surface area contributed by atoms with E-state index in [1.54, 1.807) is 42.3 Å². The number of aryl methyl sites for hydroxylation is 2. The first-order valence-electron chi connectivity index (χ1n) is 9.57. The Balaban J connectivity index is 1.43. The molecule has 4 aromatic rings. The van der Waals surface area contributed by atoms with Crippen LogP contribution in [0.25, 0.3) is 11.4 Å². The monoisotopic (exact) mass is 421 g/mol. The molecule has 0 aliphatic carbocycles. The number of hydrogen-bond donors (Lipinski definition) is 2. The number of nitrogens with one attached hydrogen (secondary N) is 2. The van der Waals surface area contributed by atoms with Gasteiger partial charge in [0.15, 0.2) is 0 Å². The highest BCUT2D eigenvalue weighted by molar-refractivity contribution is 5.90. The van der Waals surface area contributed by atoms with E-state index in [9.17, 15) is 9.18 Å². The van der Waals surface area contributed by atoms with Crippen LogP contribution in [-0.4, -0.2) is 37.2 Å². The zero-order chi connectivity index (χ0) is 21.8. The second kappa shape index (κ2) is 8.74. The molecule has 3 heterocycles. The smallest absolute Gasteiger partial charge is 0.307 e. The molecule has 0 saturated heterocycles. The Hall–Kier alpha value is -4.08. The van der Waals surface area contributed by atoms with Gasteiger partial charge in [-0.25, -0.2) is 19.3 Å². The lowest BCUT2D eigenvalue weighted by Crippen LogP contribution is -2.26. The molecule has 10 heteroatoms. The number of nitrogens with zero attached hydrogens (tertiary/aromatic N) is 5. The number of hydrogen-bond acceptors (Lipinski definition) is 7. The standard InChI is InChI=1S/C21H20FN7O2/c1-13-11-24-21(27-17-7-9-25-29(17)2)28-18(13)16-12-31-20(26-16)19(30)23-8-6-14-4-3-5-15(22)10-14/h3-5,7,9-12H,6,8H2,1-2H3,(H,23,30)(H,24,27,28). The normalized spacial score (nSPS) is 10.8. The summed E-state index contributed by atoms with van der Waals surface area (Å²) in [7, 11) is 1.80. The summed E-state index contributed by atoms with van der Waals surface area (Å²) in [6.07, 6.45) is 5.19. The third kappa shape index (κ3) is 4.74. The van der Waals surface area contributed by atoms with Crippen molar-refractivity contribution in [2.75, 3.05) is 11.9 Å². The number of benzene rings is 1. The topological polar surface area (TPSA) is 111 Å². The van der Waals surface area contributed by atoms with Gasteiger partial charge >= 0.3 is 5.91 Å². The molecule has 0 atom stereocenters. The fourth-order valence-corrected chi connectivity index (χ4v) is 2.95. The average molecular weight is 421 g/mol. The molecule has 0 radical (unpaired) electrons. The highest BCUT2D eigenvalue weighted by Gasteiger charge is 2.17. The highest BCUT2D eigenvalue weighted by atomic mass is 19.1. The van der Waals surface area contributed by atoms with E-state index in [-0.39, 0.29) is 11.7 Å². The molecule has 0 bridgehead atoms. The number of aromatic nitrogens is 5. The summed E-state index contributed by atoms with van der Waals surface area (Å²) in [6, 6.07) is 8.04. The molecule has 9 nitrogen and oxygen atoms in total. The quantitative estimate of drug-likeness (QED) is 0.472. The van der Waals surface area contributed by atoms with Crippen LogP contribution in [0, 0.1) is 12.7 Å². The number of carbonyl (C=O) groups excluding carboxylic acids is 1. The van der Waals surface area contributed by atoms with Crippen LogP contribution < -0.4 is 10.6 Å². The van der Waals surface area contributed by atoms with E-state index in [2.05, 4.69) is 30.7 Å². The third-order valence-corrected chi connectivity index (χ3v) is 4.56. The van der Waals surface area contributed by atoms with Gasteiger partial charge in [-0.3, -0.25) is 9.48 Å². The minimum Gasteiger partial charge on any atom is -0.440 e. The van der Waals surface area contributed by atoms with Crippen LogP contribution >= 0.6 is 0 Å². The second-order valence-corrected chi connectivity index (χ2v) is 6.86. The third-order valence-electron chi connectivity index (χ3n) is 4.56. The number of oxazole rings is 1. The second-order valence-electron chi connectivity index (χ2n) is 6.86. The summed E-state index contributed by atoms with van der Waals surface area (Å²) in [5, 5.41) is 9.89. The van der Waals surface area contributed by atoms with E-state index >= 15 is 0 Å². The van der Waals surface area contributed by atoms with Gasteiger partial charge in [0, 0.05) is 25.9 Å². The lowest BCUT2D eigenvalue weighted by atomic mass is 10.1. The first-order chi connectivity index (χ1) is 15.0. The van der Waals surface area contributed by atoms with Crippen LogP contribution in [-0.2, 0) is 13.5 Å². The Kier molecular flexibility index (Phi) is 5.69. The maximum Gasteiger partial charge on any atom is 0.307 e. The molecule has 0 aliphatic heterocycles. The fourth-order valence-electron chi connectivity index (χ4n) is 2.95. The molecule has 31 heavy (non-hydrogen) atoms. The van der Waals surface area contributed by atoms with Crippen molar-refractivity contribution in [3.05, 3.63) is 71.8 Å². The number of anilines is 2. The van der Waals surface area contributed by atoms with Gasteiger partial charge in [-0.1, -0.05) is 12.1 Å². The summed E-state index contributed by atoms with van der Waals surface area (Å²) in [5.74, 6) is 0.260. The number of halogens is 1. The summed E-state index contributed by atoms with van der Waals surface area (Å²) in [6.45, 7) is 2.17. The van der Waals surface area contributed by atoms with E-state index in [4.69, 9.17) is 4.42 Å². The molecule has 0 spiro atoms. The summed E-state index contributed by atoms with van der Waals surface area (Å²) in [5.41, 5.74) is 2.53. The van der Waals surface area contributed by atoms with E-state index in [1.807, 2.05) is 6.92 Å².